The molecule has 0 aliphatic rings. The second-order valence-electron chi connectivity index (χ2n) is 3.40. The van der Waals surface area contributed by atoms with Crippen LogP contribution in [0.4, 0.5) is 0 Å². The fourth-order valence-electron chi connectivity index (χ4n) is 0.788. The Labute approximate surface area is 76.9 Å². The number of aromatic nitrogens is 1. The average molecular weight is 180 g/mol. The fourth-order valence-corrected chi connectivity index (χ4v) is 1.75. The van der Waals surface area contributed by atoms with Crippen LogP contribution >= 0.6 is 11.3 Å². The van der Waals surface area contributed by atoms with Crippen molar-refractivity contribution in [3.8, 4) is 6.07 Å². The van der Waals surface area contributed by atoms with Crippen LogP contribution in [0.1, 0.15) is 29.4 Å². The maximum Gasteiger partial charge on any atom is 0.113 e. The normalized spacial score (nSPS) is 11.2. The van der Waals surface area contributed by atoms with Gasteiger partial charge in [-0.05, 0) is 27.7 Å². The molecule has 0 bridgehead atoms. The van der Waals surface area contributed by atoms with E-state index in [1.807, 2.05) is 27.7 Å². The van der Waals surface area contributed by atoms with Crippen LogP contribution in [-0.4, -0.2) is 4.98 Å². The third kappa shape index (κ3) is 1.49. The van der Waals surface area contributed by atoms with Gasteiger partial charge in [0.1, 0.15) is 10.4 Å². The Morgan fingerprint density at radius 2 is 2.00 bits per heavy atom. The van der Waals surface area contributed by atoms with Crippen molar-refractivity contribution in [3.63, 3.8) is 0 Å². The van der Waals surface area contributed by atoms with Crippen molar-refractivity contribution >= 4 is 11.3 Å². The zero-order valence-corrected chi connectivity index (χ0v) is 8.62. The van der Waals surface area contributed by atoms with Crippen LogP contribution in [0.3, 0.4) is 0 Å². The van der Waals surface area contributed by atoms with Crippen molar-refractivity contribution in [2.24, 2.45) is 0 Å². The van der Waals surface area contributed by atoms with Gasteiger partial charge in [-0.3, -0.25) is 0 Å². The summed E-state index contributed by atoms with van der Waals surface area (Å²) in [4.78, 5) is 5.55. The molecule has 0 saturated carbocycles. The van der Waals surface area contributed by atoms with Crippen molar-refractivity contribution in [1.82, 2.24) is 4.98 Å². The molecular weight excluding hydrogens is 168 g/mol. The highest BCUT2D eigenvalue weighted by Crippen LogP contribution is 2.28. The summed E-state index contributed by atoms with van der Waals surface area (Å²) in [5.74, 6) is 0. The number of nitrogens with zero attached hydrogens (tertiary/aromatic N) is 2. The summed E-state index contributed by atoms with van der Waals surface area (Å²) in [5.41, 5.74) is 0.599. The topological polar surface area (TPSA) is 36.7 Å². The van der Waals surface area contributed by atoms with Gasteiger partial charge >= 0.3 is 0 Å². The molecule has 0 fully saturated rings. The molecule has 1 aromatic rings. The lowest BCUT2D eigenvalue weighted by atomic mass is 9.97. The molecule has 3 heteroatoms. The monoisotopic (exact) mass is 180 g/mol. The molecule has 1 rings (SSSR count). The second-order valence-corrected chi connectivity index (χ2v) is 4.60. The highest BCUT2D eigenvalue weighted by atomic mass is 32.1. The standard InChI is InChI=1S/C9H12N2S/c1-6-7(2)12-8(11-6)9(3,4)5-10/h1-4H3. The van der Waals surface area contributed by atoms with Crippen LogP contribution in [0, 0.1) is 25.2 Å². The Morgan fingerprint density at radius 3 is 2.33 bits per heavy atom. The minimum atomic E-state index is -0.441. The van der Waals surface area contributed by atoms with E-state index in [0.717, 1.165) is 10.7 Å². The second kappa shape index (κ2) is 2.87. The molecule has 0 saturated heterocycles. The molecule has 0 amide bonds. The maximum atomic E-state index is 8.86. The van der Waals surface area contributed by atoms with E-state index in [9.17, 15) is 0 Å². The SMILES string of the molecule is Cc1nc(C(C)(C)C#N)sc1C. The van der Waals surface area contributed by atoms with E-state index in [-0.39, 0.29) is 0 Å². The van der Waals surface area contributed by atoms with Crippen molar-refractivity contribution in [2.75, 3.05) is 0 Å². The van der Waals surface area contributed by atoms with Gasteiger partial charge in [0.25, 0.3) is 0 Å². The average Bonchev–Trinajstić information content (AvgIpc) is 2.33. The van der Waals surface area contributed by atoms with Gasteiger partial charge in [-0.25, -0.2) is 4.98 Å². The third-order valence-corrected chi connectivity index (χ3v) is 3.24. The van der Waals surface area contributed by atoms with Crippen LogP contribution in [0.25, 0.3) is 0 Å². The van der Waals surface area contributed by atoms with E-state index < -0.39 is 5.41 Å². The molecule has 0 radical (unpaired) electrons. The number of hydrogen-bond acceptors (Lipinski definition) is 3. The molecule has 64 valence electrons. The Morgan fingerprint density at radius 1 is 1.42 bits per heavy atom. The summed E-state index contributed by atoms with van der Waals surface area (Å²) in [6.07, 6.45) is 0. The lowest BCUT2D eigenvalue weighted by molar-refractivity contribution is 0.677. The predicted octanol–water partition coefficient (Wildman–Crippen LogP) is 2.56. The van der Waals surface area contributed by atoms with Crippen molar-refractivity contribution in [1.29, 1.82) is 5.26 Å². The van der Waals surface area contributed by atoms with Crippen molar-refractivity contribution < 1.29 is 0 Å². The summed E-state index contributed by atoms with van der Waals surface area (Å²) in [6.45, 7) is 7.79. The molecular formula is C9H12N2S. The molecule has 1 aromatic heterocycles. The summed E-state index contributed by atoms with van der Waals surface area (Å²) in [6, 6.07) is 2.25. The molecule has 0 aliphatic heterocycles. The van der Waals surface area contributed by atoms with E-state index in [1.54, 1.807) is 11.3 Å². The number of hydrogen-bond donors (Lipinski definition) is 0. The van der Waals surface area contributed by atoms with Gasteiger partial charge < -0.3 is 0 Å². The van der Waals surface area contributed by atoms with Gasteiger partial charge in [0.15, 0.2) is 0 Å². The third-order valence-electron chi connectivity index (χ3n) is 1.84. The maximum absolute atomic E-state index is 8.86. The van der Waals surface area contributed by atoms with E-state index in [0.29, 0.717) is 0 Å². The molecule has 2 nitrogen and oxygen atoms in total. The van der Waals surface area contributed by atoms with Crippen LogP contribution in [-0.2, 0) is 5.41 Å². The van der Waals surface area contributed by atoms with E-state index in [4.69, 9.17) is 5.26 Å². The lowest BCUT2D eigenvalue weighted by Gasteiger charge is -2.09. The van der Waals surface area contributed by atoms with Crippen LogP contribution in [0.2, 0.25) is 0 Å². The van der Waals surface area contributed by atoms with Gasteiger partial charge in [0, 0.05) is 4.88 Å². The molecule has 0 N–H and O–H groups in total. The Hall–Kier alpha value is -0.880. The minimum Gasteiger partial charge on any atom is -0.245 e. The zero-order valence-electron chi connectivity index (χ0n) is 7.80. The summed E-state index contributed by atoms with van der Waals surface area (Å²) in [7, 11) is 0. The van der Waals surface area contributed by atoms with Crippen LogP contribution in [0.15, 0.2) is 0 Å². The first-order valence-electron chi connectivity index (χ1n) is 3.83. The van der Waals surface area contributed by atoms with E-state index in [1.165, 1.54) is 4.88 Å². The predicted molar refractivity (Wildman–Crippen MR) is 50.2 cm³/mol. The number of nitriles is 1. The number of thiazole rings is 1. The summed E-state index contributed by atoms with van der Waals surface area (Å²) in [5, 5.41) is 9.78. The van der Waals surface area contributed by atoms with Crippen LogP contribution in [0.5, 0.6) is 0 Å². The minimum absolute atomic E-state index is 0.441. The molecule has 0 spiro atoms. The Kier molecular flexibility index (Phi) is 2.20. The first-order chi connectivity index (χ1) is 5.47. The lowest BCUT2D eigenvalue weighted by Crippen LogP contribution is -2.13. The number of rotatable bonds is 1. The smallest absolute Gasteiger partial charge is 0.113 e. The van der Waals surface area contributed by atoms with E-state index >= 15 is 0 Å². The van der Waals surface area contributed by atoms with Gasteiger partial charge in [-0.2, -0.15) is 5.26 Å². The molecule has 0 aliphatic carbocycles. The van der Waals surface area contributed by atoms with Crippen molar-refractivity contribution in [2.45, 2.75) is 33.1 Å². The van der Waals surface area contributed by atoms with Crippen LogP contribution < -0.4 is 0 Å². The highest BCUT2D eigenvalue weighted by Gasteiger charge is 2.24. The van der Waals surface area contributed by atoms with Crippen molar-refractivity contribution in [3.05, 3.63) is 15.6 Å². The van der Waals surface area contributed by atoms with Gasteiger partial charge in [-0.15, -0.1) is 11.3 Å². The largest absolute Gasteiger partial charge is 0.245 e. The van der Waals surface area contributed by atoms with Gasteiger partial charge in [-0.1, -0.05) is 0 Å². The summed E-state index contributed by atoms with van der Waals surface area (Å²) < 4.78 is 0. The molecule has 0 unspecified atom stereocenters. The first kappa shape index (κ1) is 9.21. The molecule has 12 heavy (non-hydrogen) atoms. The number of aryl methyl sites for hydroxylation is 2. The summed E-state index contributed by atoms with van der Waals surface area (Å²) >= 11 is 1.61. The van der Waals surface area contributed by atoms with Gasteiger partial charge in [0.05, 0.1) is 11.8 Å². The molecule has 0 atom stereocenters. The fraction of sp³-hybridized carbons (Fsp3) is 0.556. The quantitative estimate of drug-likeness (QED) is 0.666. The molecule has 0 aromatic carbocycles. The zero-order chi connectivity index (χ0) is 9.35. The Balaban J connectivity index is 3.14. The Bertz CT molecular complexity index is 311. The first-order valence-corrected chi connectivity index (χ1v) is 4.65. The molecule has 1 heterocycles. The van der Waals surface area contributed by atoms with E-state index in [2.05, 4.69) is 11.1 Å². The van der Waals surface area contributed by atoms with Gasteiger partial charge in [0.2, 0.25) is 0 Å². The highest BCUT2D eigenvalue weighted by molar-refractivity contribution is 7.11.